The van der Waals surface area contributed by atoms with Gasteiger partial charge in [-0.2, -0.15) is 10.1 Å². The number of benzene rings is 1. The van der Waals surface area contributed by atoms with Crippen LogP contribution in [-0.2, 0) is 6.54 Å². The van der Waals surface area contributed by atoms with Gasteiger partial charge in [0.25, 0.3) is 5.91 Å². The van der Waals surface area contributed by atoms with Gasteiger partial charge in [0, 0.05) is 36.8 Å². The smallest absolute Gasteiger partial charge is 0.274 e. The van der Waals surface area contributed by atoms with E-state index in [9.17, 15) is 4.79 Å². The van der Waals surface area contributed by atoms with Crippen molar-refractivity contribution in [3.8, 4) is 22.0 Å². The molecule has 1 saturated heterocycles. The lowest BCUT2D eigenvalue weighted by molar-refractivity contribution is 0.0609. The number of piperazine rings is 1. The van der Waals surface area contributed by atoms with Crippen molar-refractivity contribution >= 4 is 28.8 Å². The van der Waals surface area contributed by atoms with E-state index in [4.69, 9.17) is 16.1 Å². The Balaban J connectivity index is 1.16. The van der Waals surface area contributed by atoms with Crippen molar-refractivity contribution in [2.24, 2.45) is 0 Å². The second-order valence-electron chi connectivity index (χ2n) is 7.23. The van der Waals surface area contributed by atoms with Crippen molar-refractivity contribution in [2.75, 3.05) is 26.2 Å². The molecule has 0 aliphatic carbocycles. The lowest BCUT2D eigenvalue weighted by Gasteiger charge is -2.33. The Morgan fingerprint density at radius 2 is 1.97 bits per heavy atom. The van der Waals surface area contributed by atoms with E-state index >= 15 is 0 Å². The number of aromatic nitrogens is 4. The predicted molar refractivity (Wildman–Crippen MR) is 118 cm³/mol. The molecule has 0 unspecified atom stereocenters. The number of amides is 1. The number of nitrogens with one attached hydrogen (secondary N) is 1. The Labute approximate surface area is 187 Å². The van der Waals surface area contributed by atoms with Gasteiger partial charge in [-0.05, 0) is 41.8 Å². The fraction of sp³-hybridized carbons (Fsp3) is 0.238. The highest BCUT2D eigenvalue weighted by molar-refractivity contribution is 7.13. The number of rotatable bonds is 5. The molecular formula is C21H19ClN6O2S. The molecular weight excluding hydrogens is 436 g/mol. The summed E-state index contributed by atoms with van der Waals surface area (Å²) in [6.07, 6.45) is 0. The van der Waals surface area contributed by atoms with Crippen molar-refractivity contribution in [3.05, 3.63) is 64.5 Å². The number of nitrogens with zero attached hydrogens (tertiary/aromatic N) is 5. The molecule has 1 N–H and O–H groups in total. The third kappa shape index (κ3) is 4.39. The number of carbonyl (C=O) groups excluding carboxylic acids is 1. The summed E-state index contributed by atoms with van der Waals surface area (Å²) in [5.74, 6) is 1.04. The largest absolute Gasteiger partial charge is 0.338 e. The van der Waals surface area contributed by atoms with Crippen LogP contribution < -0.4 is 0 Å². The summed E-state index contributed by atoms with van der Waals surface area (Å²) in [5.41, 5.74) is 2.17. The summed E-state index contributed by atoms with van der Waals surface area (Å²) >= 11 is 7.54. The molecule has 0 bridgehead atoms. The standard InChI is InChI=1S/C21H19ClN6O2S/c22-15-5-3-14(4-6-15)20-23-19(30-26-20)13-27-7-9-28(10-8-27)21(29)17-12-16(24-25-17)18-2-1-11-31-18/h1-6,11-12H,7-10,13H2,(H,24,25). The van der Waals surface area contributed by atoms with E-state index in [0.717, 1.165) is 29.2 Å². The molecule has 4 aromatic rings. The van der Waals surface area contributed by atoms with Crippen LogP contribution in [0.5, 0.6) is 0 Å². The van der Waals surface area contributed by atoms with E-state index in [1.54, 1.807) is 23.5 Å². The first kappa shape index (κ1) is 19.9. The van der Waals surface area contributed by atoms with Crippen molar-refractivity contribution in [3.63, 3.8) is 0 Å². The minimum Gasteiger partial charge on any atom is -0.338 e. The van der Waals surface area contributed by atoms with Gasteiger partial charge in [0.1, 0.15) is 0 Å². The average Bonchev–Trinajstić information content (AvgIpc) is 3.55. The number of thiophene rings is 1. The summed E-state index contributed by atoms with van der Waals surface area (Å²) in [4.78, 5) is 22.4. The quantitative estimate of drug-likeness (QED) is 0.493. The van der Waals surface area contributed by atoms with Gasteiger partial charge in [-0.3, -0.25) is 14.8 Å². The third-order valence-corrected chi connectivity index (χ3v) is 6.33. The minimum absolute atomic E-state index is 0.0541. The van der Waals surface area contributed by atoms with Gasteiger partial charge in [-0.25, -0.2) is 0 Å². The Morgan fingerprint density at radius 3 is 2.71 bits per heavy atom. The zero-order chi connectivity index (χ0) is 21.2. The first-order valence-electron chi connectivity index (χ1n) is 9.85. The second kappa shape index (κ2) is 8.62. The van der Waals surface area contributed by atoms with Crippen LogP contribution in [0.25, 0.3) is 22.0 Å². The van der Waals surface area contributed by atoms with Gasteiger partial charge in [0.2, 0.25) is 11.7 Å². The van der Waals surface area contributed by atoms with Gasteiger partial charge in [-0.15, -0.1) is 11.3 Å². The number of carbonyl (C=O) groups is 1. The normalized spacial score (nSPS) is 14.8. The molecule has 1 aromatic carbocycles. The van der Waals surface area contributed by atoms with Crippen LogP contribution in [0.3, 0.4) is 0 Å². The van der Waals surface area contributed by atoms with E-state index in [-0.39, 0.29) is 5.91 Å². The maximum atomic E-state index is 12.8. The maximum Gasteiger partial charge on any atom is 0.274 e. The zero-order valence-electron chi connectivity index (χ0n) is 16.5. The van der Waals surface area contributed by atoms with E-state index < -0.39 is 0 Å². The van der Waals surface area contributed by atoms with E-state index in [1.807, 2.05) is 40.6 Å². The Hall–Kier alpha value is -3.01. The van der Waals surface area contributed by atoms with Gasteiger partial charge >= 0.3 is 0 Å². The van der Waals surface area contributed by atoms with Crippen molar-refractivity contribution < 1.29 is 9.32 Å². The SMILES string of the molecule is O=C(c1cc(-c2cccs2)[nH]n1)N1CCN(Cc2nc(-c3ccc(Cl)cc3)no2)CC1. The molecule has 5 rings (SSSR count). The first-order chi connectivity index (χ1) is 15.2. The molecule has 1 fully saturated rings. The second-order valence-corrected chi connectivity index (χ2v) is 8.62. The molecule has 158 valence electrons. The summed E-state index contributed by atoms with van der Waals surface area (Å²) in [6.45, 7) is 3.25. The lowest BCUT2D eigenvalue weighted by atomic mass is 10.2. The summed E-state index contributed by atoms with van der Waals surface area (Å²) in [5, 5.41) is 13.9. The molecule has 0 spiro atoms. The van der Waals surface area contributed by atoms with Crippen LogP contribution in [0.15, 0.2) is 52.4 Å². The maximum absolute atomic E-state index is 12.8. The number of aromatic amines is 1. The predicted octanol–water partition coefficient (Wildman–Crippen LogP) is 3.80. The van der Waals surface area contributed by atoms with Gasteiger partial charge in [0.05, 0.1) is 17.1 Å². The zero-order valence-corrected chi connectivity index (χ0v) is 18.1. The van der Waals surface area contributed by atoms with Crippen molar-refractivity contribution in [1.82, 2.24) is 30.1 Å². The Bertz CT molecular complexity index is 1160. The molecule has 0 atom stereocenters. The molecule has 0 saturated carbocycles. The summed E-state index contributed by atoms with van der Waals surface area (Å²) < 4.78 is 5.40. The lowest BCUT2D eigenvalue weighted by Crippen LogP contribution is -2.48. The molecule has 8 nitrogen and oxygen atoms in total. The van der Waals surface area contributed by atoms with Crippen LogP contribution in [0, 0.1) is 0 Å². The van der Waals surface area contributed by atoms with Crippen LogP contribution in [0.4, 0.5) is 0 Å². The molecule has 3 aromatic heterocycles. The first-order valence-corrected chi connectivity index (χ1v) is 11.1. The molecule has 10 heteroatoms. The molecule has 0 radical (unpaired) electrons. The molecule has 31 heavy (non-hydrogen) atoms. The Morgan fingerprint density at radius 1 is 1.16 bits per heavy atom. The van der Waals surface area contributed by atoms with Gasteiger partial charge in [0.15, 0.2) is 5.69 Å². The fourth-order valence-corrected chi connectivity index (χ4v) is 4.31. The minimum atomic E-state index is -0.0541. The number of hydrogen-bond acceptors (Lipinski definition) is 7. The molecule has 1 amide bonds. The number of hydrogen-bond donors (Lipinski definition) is 1. The van der Waals surface area contributed by atoms with Crippen LogP contribution >= 0.6 is 22.9 Å². The highest BCUT2D eigenvalue weighted by Crippen LogP contribution is 2.24. The monoisotopic (exact) mass is 454 g/mol. The molecule has 1 aliphatic heterocycles. The highest BCUT2D eigenvalue weighted by atomic mass is 35.5. The molecule has 4 heterocycles. The van der Waals surface area contributed by atoms with Gasteiger partial charge < -0.3 is 9.42 Å². The average molecular weight is 455 g/mol. The van der Waals surface area contributed by atoms with Crippen LogP contribution in [0.2, 0.25) is 5.02 Å². The highest BCUT2D eigenvalue weighted by Gasteiger charge is 2.25. The van der Waals surface area contributed by atoms with Gasteiger partial charge in [-0.1, -0.05) is 22.8 Å². The summed E-state index contributed by atoms with van der Waals surface area (Å²) in [6, 6.07) is 13.1. The topological polar surface area (TPSA) is 91.2 Å². The van der Waals surface area contributed by atoms with E-state index in [0.29, 0.717) is 42.1 Å². The molecule has 1 aliphatic rings. The Kier molecular flexibility index (Phi) is 5.54. The van der Waals surface area contributed by atoms with E-state index in [1.165, 1.54) is 0 Å². The summed E-state index contributed by atoms with van der Waals surface area (Å²) in [7, 11) is 0. The number of H-pyrrole nitrogens is 1. The number of halogens is 1. The fourth-order valence-electron chi connectivity index (χ4n) is 3.49. The van der Waals surface area contributed by atoms with Crippen molar-refractivity contribution in [1.29, 1.82) is 0 Å². The third-order valence-electron chi connectivity index (χ3n) is 5.17. The van der Waals surface area contributed by atoms with Crippen molar-refractivity contribution in [2.45, 2.75) is 6.54 Å². The van der Waals surface area contributed by atoms with Crippen LogP contribution in [0.1, 0.15) is 16.4 Å². The van der Waals surface area contributed by atoms with Crippen LogP contribution in [-0.4, -0.2) is 62.2 Å². The van der Waals surface area contributed by atoms with E-state index in [2.05, 4.69) is 25.2 Å².